The number of aliphatic hydroxyl groups excluding tert-OH is 1. The van der Waals surface area contributed by atoms with Gasteiger partial charge in [-0.15, -0.1) is 34.9 Å². The van der Waals surface area contributed by atoms with Crippen LogP contribution in [-0.4, -0.2) is 15.9 Å². The van der Waals surface area contributed by atoms with Gasteiger partial charge in [0.25, 0.3) is 0 Å². The molecular weight excluding hydrogens is 623 g/mol. The van der Waals surface area contributed by atoms with E-state index in [-0.39, 0.29) is 31.6 Å². The summed E-state index contributed by atoms with van der Waals surface area (Å²) in [4.78, 5) is 14.8. The van der Waals surface area contributed by atoms with E-state index in [1.807, 2.05) is 6.20 Å². The van der Waals surface area contributed by atoms with Crippen LogP contribution in [0.5, 0.6) is 0 Å². The molecule has 0 aliphatic heterocycles. The van der Waals surface area contributed by atoms with Gasteiger partial charge in [-0.3, -0.25) is 4.79 Å². The molecule has 4 aliphatic rings. The number of ketones is 1. The molecule has 36 heavy (non-hydrogen) atoms. The van der Waals surface area contributed by atoms with Crippen molar-refractivity contribution in [3.63, 3.8) is 0 Å². The van der Waals surface area contributed by atoms with Crippen molar-refractivity contribution in [2.24, 2.45) is 23.7 Å². The Kier molecular flexibility index (Phi) is 8.17. The third-order valence-electron chi connectivity index (χ3n) is 8.24. The maximum Gasteiger partial charge on any atom is 0.155 e. The standard InChI is InChI=1S/C27H28N.C5H8O2.Ir/c1-16-8-17(2)10-22(9-16)27-25-5-3-4-24(23(25)6-7-28-27)26-20-12-18-11-19(14-20)15-21(26)13-18;1-4(6)3-5(2)7;/h3-9,18-21,26H,11-15H2,1-2H3;3,6H,1-2H3;/q-1;;/b;4-3-;. The Balaban J connectivity index is 0.000000338. The van der Waals surface area contributed by atoms with Crippen LogP contribution in [0.25, 0.3) is 22.0 Å². The fraction of sp³-hybridized carbons (Fsp3) is 0.438. The number of benzene rings is 2. The van der Waals surface area contributed by atoms with Gasteiger partial charge < -0.3 is 10.1 Å². The molecule has 0 unspecified atom stereocenters. The van der Waals surface area contributed by atoms with E-state index in [0.717, 1.165) is 40.8 Å². The third kappa shape index (κ3) is 5.50. The number of aliphatic hydroxyl groups is 1. The molecule has 1 aromatic heterocycles. The van der Waals surface area contributed by atoms with Gasteiger partial charge in [-0.05, 0) is 104 Å². The molecule has 0 saturated heterocycles. The number of hydrogen-bond donors (Lipinski definition) is 1. The van der Waals surface area contributed by atoms with Gasteiger partial charge >= 0.3 is 0 Å². The summed E-state index contributed by atoms with van der Waals surface area (Å²) in [5.41, 5.74) is 6.29. The van der Waals surface area contributed by atoms with E-state index in [2.05, 4.69) is 56.3 Å². The fourth-order valence-corrected chi connectivity index (χ4v) is 7.49. The number of nitrogens with zero attached hydrogens (tertiary/aromatic N) is 1. The van der Waals surface area contributed by atoms with E-state index in [9.17, 15) is 4.79 Å². The van der Waals surface area contributed by atoms with Gasteiger partial charge in [-0.25, -0.2) is 0 Å². The van der Waals surface area contributed by atoms with Crippen molar-refractivity contribution < 1.29 is 30.0 Å². The molecule has 4 bridgehead atoms. The van der Waals surface area contributed by atoms with Crippen LogP contribution in [-0.2, 0) is 24.9 Å². The minimum Gasteiger partial charge on any atom is -0.512 e. The third-order valence-corrected chi connectivity index (χ3v) is 8.24. The summed E-state index contributed by atoms with van der Waals surface area (Å²) >= 11 is 0. The van der Waals surface area contributed by atoms with Crippen LogP contribution in [0.2, 0.25) is 0 Å². The average Bonchev–Trinajstić information content (AvgIpc) is 2.77. The first-order chi connectivity index (χ1) is 16.8. The number of carbonyl (C=O) groups is 1. The normalized spacial score (nSPS) is 26.2. The van der Waals surface area contributed by atoms with Crippen LogP contribution >= 0.6 is 0 Å². The van der Waals surface area contributed by atoms with Gasteiger partial charge in [0.05, 0.1) is 5.76 Å². The summed E-state index contributed by atoms with van der Waals surface area (Å²) in [5, 5.41) is 11.1. The first kappa shape index (κ1) is 26.8. The van der Waals surface area contributed by atoms with Crippen LogP contribution in [0.1, 0.15) is 68.6 Å². The van der Waals surface area contributed by atoms with Gasteiger partial charge in [0, 0.05) is 32.4 Å². The van der Waals surface area contributed by atoms with Gasteiger partial charge in [-0.2, -0.15) is 0 Å². The molecule has 2 aromatic carbocycles. The molecule has 0 amide bonds. The number of carbonyl (C=O) groups excluding carboxylic acids is 1. The zero-order chi connectivity index (χ0) is 24.7. The number of allylic oxidation sites excluding steroid dienone is 2. The van der Waals surface area contributed by atoms with Crippen molar-refractivity contribution in [3.05, 3.63) is 77.2 Å². The van der Waals surface area contributed by atoms with E-state index in [4.69, 9.17) is 10.1 Å². The molecule has 4 saturated carbocycles. The topological polar surface area (TPSA) is 50.2 Å². The summed E-state index contributed by atoms with van der Waals surface area (Å²) in [5.74, 6) is 4.56. The number of aryl methyl sites for hydroxylation is 2. The Morgan fingerprint density at radius 3 is 2.19 bits per heavy atom. The second-order valence-corrected chi connectivity index (χ2v) is 11.2. The molecule has 0 atom stereocenters. The predicted octanol–water partition coefficient (Wildman–Crippen LogP) is 7.89. The Hall–Kier alpha value is -2.29. The Bertz CT molecular complexity index is 1240. The minimum absolute atomic E-state index is 0. The van der Waals surface area contributed by atoms with Crippen molar-refractivity contribution in [3.8, 4) is 11.3 Å². The molecule has 1 radical (unpaired) electrons. The molecule has 4 aliphatic carbocycles. The molecule has 4 heteroatoms. The first-order valence-corrected chi connectivity index (χ1v) is 13.0. The van der Waals surface area contributed by atoms with Crippen molar-refractivity contribution in [2.45, 2.75) is 65.7 Å². The van der Waals surface area contributed by atoms with E-state index >= 15 is 0 Å². The number of hydrogen-bond acceptors (Lipinski definition) is 3. The van der Waals surface area contributed by atoms with Gasteiger partial charge in [-0.1, -0.05) is 32.0 Å². The van der Waals surface area contributed by atoms with Gasteiger partial charge in [0.15, 0.2) is 5.78 Å². The number of pyridine rings is 1. The minimum atomic E-state index is -0.125. The average molecular weight is 659 g/mol. The monoisotopic (exact) mass is 659 g/mol. The molecular formula is C32H36IrNO2-. The van der Waals surface area contributed by atoms with Crippen molar-refractivity contribution in [2.75, 3.05) is 0 Å². The van der Waals surface area contributed by atoms with Crippen LogP contribution in [0.3, 0.4) is 0 Å². The maximum absolute atomic E-state index is 10.0. The van der Waals surface area contributed by atoms with E-state index < -0.39 is 0 Å². The smallest absolute Gasteiger partial charge is 0.155 e. The quantitative estimate of drug-likeness (QED) is 0.177. The summed E-state index contributed by atoms with van der Waals surface area (Å²) < 4.78 is 0. The van der Waals surface area contributed by atoms with Gasteiger partial charge in [0.2, 0.25) is 0 Å². The predicted molar refractivity (Wildman–Crippen MR) is 142 cm³/mol. The van der Waals surface area contributed by atoms with Crippen molar-refractivity contribution in [1.82, 2.24) is 4.98 Å². The number of rotatable bonds is 3. The molecule has 0 spiro atoms. The van der Waals surface area contributed by atoms with Crippen LogP contribution in [0.15, 0.2) is 54.4 Å². The number of aromatic nitrogens is 1. The van der Waals surface area contributed by atoms with E-state index in [0.29, 0.717) is 0 Å². The van der Waals surface area contributed by atoms with E-state index in [1.165, 1.54) is 73.9 Å². The number of fused-ring (bicyclic) bond motifs is 1. The molecule has 7 rings (SSSR count). The maximum atomic E-state index is 10.0. The molecule has 3 nitrogen and oxygen atoms in total. The Labute approximate surface area is 228 Å². The molecule has 191 valence electrons. The second-order valence-electron chi connectivity index (χ2n) is 11.2. The van der Waals surface area contributed by atoms with Crippen molar-refractivity contribution in [1.29, 1.82) is 0 Å². The largest absolute Gasteiger partial charge is 0.512 e. The van der Waals surface area contributed by atoms with Crippen LogP contribution in [0, 0.1) is 43.6 Å². The zero-order valence-corrected chi connectivity index (χ0v) is 24.1. The van der Waals surface area contributed by atoms with Crippen molar-refractivity contribution >= 4 is 16.6 Å². The SMILES string of the molecule is CC(=O)/C=C(/C)O.Cc1[c-]c(-c2nccc3c(C4C5CC6CC(C5)CC4C6)cccc23)cc(C)c1.[Ir]. The Morgan fingerprint density at radius 1 is 0.972 bits per heavy atom. The molecule has 3 aromatic rings. The zero-order valence-electron chi connectivity index (χ0n) is 21.7. The first-order valence-electron chi connectivity index (χ1n) is 13.0. The van der Waals surface area contributed by atoms with Crippen LogP contribution in [0.4, 0.5) is 0 Å². The summed E-state index contributed by atoms with van der Waals surface area (Å²) in [6.45, 7) is 7.14. The molecule has 4 fully saturated rings. The van der Waals surface area contributed by atoms with Crippen LogP contribution < -0.4 is 0 Å². The van der Waals surface area contributed by atoms with Gasteiger partial charge in [0.1, 0.15) is 0 Å². The summed E-state index contributed by atoms with van der Waals surface area (Å²) in [7, 11) is 0. The van der Waals surface area contributed by atoms with E-state index in [1.54, 1.807) is 5.56 Å². The molecule has 1 heterocycles. The summed E-state index contributed by atoms with van der Waals surface area (Å²) in [6, 6.07) is 17.2. The molecule has 1 N–H and O–H groups in total. The summed E-state index contributed by atoms with van der Waals surface area (Å²) in [6.07, 6.45) is 10.6. The second kappa shape index (κ2) is 11.0. The fourth-order valence-electron chi connectivity index (χ4n) is 7.49. The Morgan fingerprint density at radius 2 is 1.64 bits per heavy atom.